The molecule has 0 bridgehead atoms. The Morgan fingerprint density at radius 3 is 2.92 bits per heavy atom. The first-order valence-corrected chi connectivity index (χ1v) is 4.64. The van der Waals surface area contributed by atoms with E-state index in [9.17, 15) is 0 Å². The molecule has 0 unspecified atom stereocenters. The summed E-state index contributed by atoms with van der Waals surface area (Å²) in [6.07, 6.45) is 0.0688. The molecule has 0 saturated carbocycles. The summed E-state index contributed by atoms with van der Waals surface area (Å²) in [5.74, 6) is 0.849. The molecule has 0 heterocycles. The third-order valence-corrected chi connectivity index (χ3v) is 1.96. The zero-order chi connectivity index (χ0) is 8.97. The molecule has 0 spiro atoms. The average Bonchev–Trinajstić information content (AvgIpc) is 2.04. The molecule has 3 heteroatoms. The average molecular weight is 230 g/mol. The van der Waals surface area contributed by atoms with Crippen molar-refractivity contribution in [3.05, 3.63) is 28.7 Å². The molecule has 2 nitrogen and oxygen atoms in total. The molecule has 0 amide bonds. The lowest BCUT2D eigenvalue weighted by atomic mass is 10.3. The maximum Gasteiger partial charge on any atom is 0.120 e. The van der Waals surface area contributed by atoms with Gasteiger partial charge in [-0.05, 0) is 25.1 Å². The van der Waals surface area contributed by atoms with Gasteiger partial charge in [-0.2, -0.15) is 0 Å². The predicted molar refractivity (Wildman–Crippen MR) is 53.3 cm³/mol. The van der Waals surface area contributed by atoms with Crippen molar-refractivity contribution < 1.29 is 4.74 Å². The Morgan fingerprint density at radius 1 is 1.58 bits per heavy atom. The van der Waals surface area contributed by atoms with Crippen LogP contribution in [0.25, 0.3) is 0 Å². The van der Waals surface area contributed by atoms with Crippen LogP contribution in [-0.4, -0.2) is 12.6 Å². The molecule has 0 aliphatic carbocycles. The molecular formula is C9H12BrNO. The normalized spacial score (nSPS) is 12.6. The van der Waals surface area contributed by atoms with E-state index in [-0.39, 0.29) is 6.10 Å². The van der Waals surface area contributed by atoms with Gasteiger partial charge in [-0.25, -0.2) is 0 Å². The maximum atomic E-state index is 5.49. The summed E-state index contributed by atoms with van der Waals surface area (Å²) in [4.78, 5) is 0. The fraction of sp³-hybridized carbons (Fsp3) is 0.333. The highest BCUT2D eigenvalue weighted by Crippen LogP contribution is 2.18. The highest BCUT2D eigenvalue weighted by Gasteiger charge is 2.00. The first-order valence-electron chi connectivity index (χ1n) is 3.84. The summed E-state index contributed by atoms with van der Waals surface area (Å²) in [6.45, 7) is 2.48. The van der Waals surface area contributed by atoms with E-state index in [0.29, 0.717) is 6.54 Å². The standard InChI is InChI=1S/C9H12BrNO/c1-7(6-11)12-9-4-2-3-8(10)5-9/h2-5,7H,6,11H2,1H3/t7-/m0/s1. The monoisotopic (exact) mass is 229 g/mol. The minimum Gasteiger partial charge on any atom is -0.489 e. The van der Waals surface area contributed by atoms with E-state index in [2.05, 4.69) is 15.9 Å². The smallest absolute Gasteiger partial charge is 0.120 e. The van der Waals surface area contributed by atoms with E-state index >= 15 is 0 Å². The first-order chi connectivity index (χ1) is 5.72. The van der Waals surface area contributed by atoms with Crippen molar-refractivity contribution in [1.82, 2.24) is 0 Å². The molecule has 0 aliphatic rings. The Bertz CT molecular complexity index is 252. The Labute approximate surface area is 80.8 Å². The summed E-state index contributed by atoms with van der Waals surface area (Å²) in [7, 11) is 0. The van der Waals surface area contributed by atoms with Gasteiger partial charge in [0.2, 0.25) is 0 Å². The molecular weight excluding hydrogens is 218 g/mol. The van der Waals surface area contributed by atoms with Crippen LogP contribution in [-0.2, 0) is 0 Å². The van der Waals surface area contributed by atoms with Crippen molar-refractivity contribution in [3.63, 3.8) is 0 Å². The fourth-order valence-electron chi connectivity index (χ4n) is 0.821. The third-order valence-electron chi connectivity index (χ3n) is 1.47. The van der Waals surface area contributed by atoms with Crippen molar-refractivity contribution in [2.45, 2.75) is 13.0 Å². The highest BCUT2D eigenvalue weighted by atomic mass is 79.9. The Balaban J connectivity index is 2.63. The molecule has 1 atom stereocenters. The van der Waals surface area contributed by atoms with Gasteiger partial charge in [0, 0.05) is 11.0 Å². The summed E-state index contributed by atoms with van der Waals surface area (Å²) in [5, 5.41) is 0. The second kappa shape index (κ2) is 4.48. The van der Waals surface area contributed by atoms with E-state index < -0.39 is 0 Å². The molecule has 66 valence electrons. The van der Waals surface area contributed by atoms with Gasteiger partial charge < -0.3 is 10.5 Å². The molecule has 1 rings (SSSR count). The zero-order valence-electron chi connectivity index (χ0n) is 6.96. The van der Waals surface area contributed by atoms with Crippen molar-refractivity contribution >= 4 is 15.9 Å². The van der Waals surface area contributed by atoms with Crippen LogP contribution >= 0.6 is 15.9 Å². The van der Waals surface area contributed by atoms with Gasteiger partial charge in [0.05, 0.1) is 0 Å². The van der Waals surface area contributed by atoms with Crippen LogP contribution < -0.4 is 10.5 Å². The molecule has 12 heavy (non-hydrogen) atoms. The van der Waals surface area contributed by atoms with E-state index in [0.717, 1.165) is 10.2 Å². The van der Waals surface area contributed by atoms with E-state index in [1.807, 2.05) is 31.2 Å². The quantitative estimate of drug-likeness (QED) is 0.863. The maximum absolute atomic E-state index is 5.49. The van der Waals surface area contributed by atoms with Gasteiger partial charge in [-0.3, -0.25) is 0 Å². The zero-order valence-corrected chi connectivity index (χ0v) is 8.54. The van der Waals surface area contributed by atoms with E-state index in [1.54, 1.807) is 0 Å². The summed E-state index contributed by atoms with van der Waals surface area (Å²) in [5.41, 5.74) is 5.42. The van der Waals surface area contributed by atoms with Crippen LogP contribution in [0.1, 0.15) is 6.92 Å². The molecule has 0 saturated heterocycles. The van der Waals surface area contributed by atoms with Crippen molar-refractivity contribution in [2.24, 2.45) is 5.73 Å². The Morgan fingerprint density at radius 2 is 2.33 bits per heavy atom. The van der Waals surface area contributed by atoms with Gasteiger partial charge in [-0.1, -0.05) is 22.0 Å². The Hall–Kier alpha value is -0.540. The number of hydrogen-bond donors (Lipinski definition) is 1. The van der Waals surface area contributed by atoms with Crippen molar-refractivity contribution in [2.75, 3.05) is 6.54 Å². The van der Waals surface area contributed by atoms with Crippen LogP contribution in [0.4, 0.5) is 0 Å². The molecule has 2 N–H and O–H groups in total. The van der Waals surface area contributed by atoms with Gasteiger partial charge >= 0.3 is 0 Å². The molecule has 0 fully saturated rings. The second-order valence-corrected chi connectivity index (χ2v) is 3.54. The summed E-state index contributed by atoms with van der Waals surface area (Å²) >= 11 is 3.36. The lowest BCUT2D eigenvalue weighted by molar-refractivity contribution is 0.230. The van der Waals surface area contributed by atoms with Crippen molar-refractivity contribution in [3.8, 4) is 5.75 Å². The highest BCUT2D eigenvalue weighted by molar-refractivity contribution is 9.10. The number of nitrogens with two attached hydrogens (primary N) is 1. The number of ether oxygens (including phenoxy) is 1. The molecule has 0 radical (unpaired) electrons. The number of hydrogen-bond acceptors (Lipinski definition) is 2. The molecule has 0 aliphatic heterocycles. The van der Waals surface area contributed by atoms with Crippen LogP contribution in [0.3, 0.4) is 0 Å². The molecule has 1 aromatic carbocycles. The lowest BCUT2D eigenvalue weighted by Crippen LogP contribution is -2.22. The van der Waals surface area contributed by atoms with Crippen LogP contribution in [0.2, 0.25) is 0 Å². The first kappa shape index (κ1) is 9.55. The van der Waals surface area contributed by atoms with Gasteiger partial charge in [0.15, 0.2) is 0 Å². The SMILES string of the molecule is C[C@@H](CN)Oc1cccc(Br)c1. The van der Waals surface area contributed by atoms with Gasteiger partial charge in [0.25, 0.3) is 0 Å². The Kier molecular flexibility index (Phi) is 3.56. The third kappa shape index (κ3) is 2.83. The number of halogens is 1. The van der Waals surface area contributed by atoms with Crippen LogP contribution in [0, 0.1) is 0 Å². The number of benzene rings is 1. The largest absolute Gasteiger partial charge is 0.489 e. The minimum absolute atomic E-state index is 0.0688. The summed E-state index contributed by atoms with van der Waals surface area (Å²) < 4.78 is 6.51. The van der Waals surface area contributed by atoms with Gasteiger partial charge in [0.1, 0.15) is 11.9 Å². The predicted octanol–water partition coefficient (Wildman–Crippen LogP) is 2.18. The van der Waals surface area contributed by atoms with E-state index in [4.69, 9.17) is 10.5 Å². The van der Waals surface area contributed by atoms with E-state index in [1.165, 1.54) is 0 Å². The molecule has 0 aromatic heterocycles. The topological polar surface area (TPSA) is 35.2 Å². The minimum atomic E-state index is 0.0688. The second-order valence-electron chi connectivity index (χ2n) is 2.62. The fourth-order valence-corrected chi connectivity index (χ4v) is 1.20. The van der Waals surface area contributed by atoms with Gasteiger partial charge in [-0.15, -0.1) is 0 Å². The molecule has 1 aromatic rings. The lowest BCUT2D eigenvalue weighted by Gasteiger charge is -2.11. The van der Waals surface area contributed by atoms with Crippen molar-refractivity contribution in [1.29, 1.82) is 0 Å². The van der Waals surface area contributed by atoms with Crippen LogP contribution in [0.5, 0.6) is 5.75 Å². The summed E-state index contributed by atoms with van der Waals surface area (Å²) in [6, 6.07) is 7.73. The number of rotatable bonds is 3. The van der Waals surface area contributed by atoms with Crippen LogP contribution in [0.15, 0.2) is 28.7 Å².